The van der Waals surface area contributed by atoms with Gasteiger partial charge in [-0.2, -0.15) is 10.2 Å². The van der Waals surface area contributed by atoms with E-state index in [-0.39, 0.29) is 0 Å². The first-order chi connectivity index (χ1) is 7.29. The van der Waals surface area contributed by atoms with E-state index in [9.17, 15) is 0 Å². The van der Waals surface area contributed by atoms with Crippen molar-refractivity contribution in [1.29, 1.82) is 0 Å². The molecule has 2 aromatic heterocycles. The van der Waals surface area contributed by atoms with E-state index in [4.69, 9.17) is 0 Å². The summed E-state index contributed by atoms with van der Waals surface area (Å²) in [5, 5.41) is 11.6. The van der Waals surface area contributed by atoms with Gasteiger partial charge in [0.2, 0.25) is 0 Å². The average molecular weight is 205 g/mol. The fraction of sp³-hybridized carbons (Fsp3) is 0.400. The van der Waals surface area contributed by atoms with Crippen molar-refractivity contribution < 1.29 is 0 Å². The summed E-state index contributed by atoms with van der Waals surface area (Å²) in [5.74, 6) is 0. The van der Waals surface area contributed by atoms with E-state index in [1.165, 1.54) is 5.69 Å². The van der Waals surface area contributed by atoms with E-state index in [0.29, 0.717) is 0 Å². The maximum atomic E-state index is 4.21. The smallest absolute Gasteiger partial charge is 0.0729 e. The van der Waals surface area contributed by atoms with Crippen LogP contribution in [-0.4, -0.2) is 19.6 Å². The highest BCUT2D eigenvalue weighted by molar-refractivity contribution is 5.38. The number of aromatic nitrogens is 4. The third-order valence-electron chi connectivity index (χ3n) is 2.28. The molecule has 80 valence electrons. The SMILES string of the molecule is CCn1nccc1CNc1cnn(C)c1. The van der Waals surface area contributed by atoms with Gasteiger partial charge in [-0.3, -0.25) is 9.36 Å². The number of hydrogen-bond acceptors (Lipinski definition) is 3. The van der Waals surface area contributed by atoms with Gasteiger partial charge in [0.05, 0.1) is 24.1 Å². The molecule has 0 unspecified atom stereocenters. The number of nitrogens with zero attached hydrogens (tertiary/aromatic N) is 4. The first-order valence-electron chi connectivity index (χ1n) is 5.03. The molecule has 0 radical (unpaired) electrons. The Morgan fingerprint density at radius 1 is 1.40 bits per heavy atom. The van der Waals surface area contributed by atoms with Crippen LogP contribution in [0.4, 0.5) is 5.69 Å². The molecular weight excluding hydrogens is 190 g/mol. The second-order valence-corrected chi connectivity index (χ2v) is 3.39. The van der Waals surface area contributed by atoms with Crippen LogP contribution in [0.5, 0.6) is 0 Å². The lowest BCUT2D eigenvalue weighted by atomic mass is 10.4. The van der Waals surface area contributed by atoms with Crippen LogP contribution in [-0.2, 0) is 20.1 Å². The largest absolute Gasteiger partial charge is 0.377 e. The van der Waals surface area contributed by atoms with Gasteiger partial charge >= 0.3 is 0 Å². The molecule has 2 heterocycles. The molecule has 0 fully saturated rings. The van der Waals surface area contributed by atoms with Gasteiger partial charge in [0, 0.05) is 26.0 Å². The lowest BCUT2D eigenvalue weighted by molar-refractivity contribution is 0.627. The molecule has 0 aliphatic carbocycles. The lowest BCUT2D eigenvalue weighted by Gasteiger charge is -2.05. The van der Waals surface area contributed by atoms with Crippen LogP contribution in [0.2, 0.25) is 0 Å². The molecule has 0 aromatic carbocycles. The summed E-state index contributed by atoms with van der Waals surface area (Å²) in [6, 6.07) is 2.02. The Morgan fingerprint density at radius 3 is 2.93 bits per heavy atom. The van der Waals surface area contributed by atoms with E-state index < -0.39 is 0 Å². The maximum Gasteiger partial charge on any atom is 0.0729 e. The summed E-state index contributed by atoms with van der Waals surface area (Å²) in [4.78, 5) is 0. The summed E-state index contributed by atoms with van der Waals surface area (Å²) in [6.07, 6.45) is 5.59. The molecule has 0 aliphatic rings. The van der Waals surface area contributed by atoms with E-state index in [2.05, 4.69) is 22.4 Å². The topological polar surface area (TPSA) is 47.7 Å². The van der Waals surface area contributed by atoms with Crippen LogP contribution < -0.4 is 5.32 Å². The monoisotopic (exact) mass is 205 g/mol. The predicted octanol–water partition coefficient (Wildman–Crippen LogP) is 1.25. The van der Waals surface area contributed by atoms with Gasteiger partial charge in [-0.15, -0.1) is 0 Å². The molecule has 0 bridgehead atoms. The van der Waals surface area contributed by atoms with Crippen molar-refractivity contribution in [3.8, 4) is 0 Å². The molecule has 0 atom stereocenters. The van der Waals surface area contributed by atoms with Crippen LogP contribution in [0.15, 0.2) is 24.7 Å². The lowest BCUT2D eigenvalue weighted by Crippen LogP contribution is -2.07. The van der Waals surface area contributed by atoms with E-state index in [1.54, 1.807) is 4.68 Å². The highest BCUT2D eigenvalue weighted by Crippen LogP contribution is 2.06. The predicted molar refractivity (Wildman–Crippen MR) is 58.4 cm³/mol. The van der Waals surface area contributed by atoms with Gasteiger partial charge in [0.15, 0.2) is 0 Å². The fourth-order valence-corrected chi connectivity index (χ4v) is 1.50. The molecule has 0 aliphatic heterocycles. The van der Waals surface area contributed by atoms with Crippen molar-refractivity contribution in [1.82, 2.24) is 19.6 Å². The van der Waals surface area contributed by atoms with E-state index in [0.717, 1.165) is 18.8 Å². The van der Waals surface area contributed by atoms with Crippen molar-refractivity contribution in [3.05, 3.63) is 30.4 Å². The maximum absolute atomic E-state index is 4.21. The third kappa shape index (κ3) is 2.18. The fourth-order valence-electron chi connectivity index (χ4n) is 1.50. The molecule has 0 amide bonds. The zero-order valence-corrected chi connectivity index (χ0v) is 9.01. The zero-order valence-electron chi connectivity index (χ0n) is 9.01. The van der Waals surface area contributed by atoms with Crippen molar-refractivity contribution >= 4 is 5.69 Å². The number of hydrogen-bond donors (Lipinski definition) is 1. The van der Waals surface area contributed by atoms with Crippen molar-refractivity contribution in [3.63, 3.8) is 0 Å². The normalized spacial score (nSPS) is 10.5. The van der Waals surface area contributed by atoms with Crippen LogP contribution in [0.25, 0.3) is 0 Å². The number of aryl methyl sites for hydroxylation is 2. The Balaban J connectivity index is 1.98. The highest BCUT2D eigenvalue weighted by atomic mass is 15.3. The molecule has 15 heavy (non-hydrogen) atoms. The molecule has 5 heteroatoms. The number of anilines is 1. The van der Waals surface area contributed by atoms with Crippen LogP contribution in [0, 0.1) is 0 Å². The van der Waals surface area contributed by atoms with Gasteiger partial charge in [-0.05, 0) is 13.0 Å². The first-order valence-corrected chi connectivity index (χ1v) is 5.03. The Labute approximate surface area is 88.7 Å². The van der Waals surface area contributed by atoms with Crippen LogP contribution >= 0.6 is 0 Å². The van der Waals surface area contributed by atoms with Crippen molar-refractivity contribution in [2.45, 2.75) is 20.0 Å². The number of rotatable bonds is 4. The van der Waals surface area contributed by atoms with Gasteiger partial charge < -0.3 is 5.32 Å². The Hall–Kier alpha value is -1.78. The molecule has 1 N–H and O–H groups in total. The molecule has 2 rings (SSSR count). The zero-order chi connectivity index (χ0) is 10.7. The van der Waals surface area contributed by atoms with Gasteiger partial charge in [0.1, 0.15) is 0 Å². The molecule has 0 saturated carbocycles. The second-order valence-electron chi connectivity index (χ2n) is 3.39. The summed E-state index contributed by atoms with van der Waals surface area (Å²) in [6.45, 7) is 3.76. The summed E-state index contributed by atoms with van der Waals surface area (Å²) in [5.41, 5.74) is 2.21. The van der Waals surface area contributed by atoms with Gasteiger partial charge in [0.25, 0.3) is 0 Å². The Bertz CT molecular complexity index is 428. The minimum Gasteiger partial charge on any atom is -0.377 e. The van der Waals surface area contributed by atoms with Crippen LogP contribution in [0.3, 0.4) is 0 Å². The first kappa shape index (κ1) is 9.76. The second kappa shape index (κ2) is 4.16. The Kier molecular flexibility index (Phi) is 2.71. The van der Waals surface area contributed by atoms with Gasteiger partial charge in [-0.1, -0.05) is 0 Å². The van der Waals surface area contributed by atoms with Crippen molar-refractivity contribution in [2.24, 2.45) is 7.05 Å². The minimum absolute atomic E-state index is 0.777. The summed E-state index contributed by atoms with van der Waals surface area (Å²) < 4.78 is 3.75. The minimum atomic E-state index is 0.777. The quantitative estimate of drug-likeness (QED) is 0.817. The molecule has 2 aromatic rings. The summed E-state index contributed by atoms with van der Waals surface area (Å²) >= 11 is 0. The highest BCUT2D eigenvalue weighted by Gasteiger charge is 2.00. The molecular formula is C10H15N5. The third-order valence-corrected chi connectivity index (χ3v) is 2.28. The van der Waals surface area contributed by atoms with Gasteiger partial charge in [-0.25, -0.2) is 0 Å². The molecule has 5 nitrogen and oxygen atoms in total. The Morgan fingerprint density at radius 2 is 2.27 bits per heavy atom. The molecule has 0 spiro atoms. The average Bonchev–Trinajstić information content (AvgIpc) is 2.83. The summed E-state index contributed by atoms with van der Waals surface area (Å²) in [7, 11) is 1.90. The standard InChI is InChI=1S/C10H15N5/c1-3-15-10(4-5-12-15)7-11-9-6-13-14(2)8-9/h4-6,8,11H,3,7H2,1-2H3. The van der Waals surface area contributed by atoms with Crippen molar-refractivity contribution in [2.75, 3.05) is 5.32 Å². The van der Waals surface area contributed by atoms with E-state index >= 15 is 0 Å². The molecule has 0 saturated heterocycles. The van der Waals surface area contributed by atoms with Crippen LogP contribution in [0.1, 0.15) is 12.6 Å². The number of nitrogens with one attached hydrogen (secondary N) is 1. The van der Waals surface area contributed by atoms with E-state index in [1.807, 2.05) is 36.4 Å².